The van der Waals surface area contributed by atoms with Gasteiger partial charge in [0.05, 0.1) is 0 Å². The number of hydrogen-bond donors (Lipinski definition) is 0. The predicted octanol–water partition coefficient (Wildman–Crippen LogP) is 21.7. The molecular weight excluding hydrogens is 961 g/mol. The van der Waals surface area contributed by atoms with E-state index < -0.39 is 12.1 Å². The summed E-state index contributed by atoms with van der Waals surface area (Å²) in [5.74, 6) is -1.02. The molecule has 438 valence electrons. The van der Waals surface area contributed by atoms with Crippen molar-refractivity contribution in [1.82, 2.24) is 0 Å². The zero-order valence-corrected chi connectivity index (χ0v) is 50.1. The summed E-state index contributed by atoms with van der Waals surface area (Å²) >= 11 is 0. The van der Waals surface area contributed by atoms with E-state index in [1.165, 1.54) is 77.0 Å². The van der Waals surface area contributed by atoms with Crippen molar-refractivity contribution in [3.05, 3.63) is 158 Å². The Hall–Kier alpha value is -4.97. The quantitative estimate of drug-likeness (QED) is 0.0261. The first-order valence-corrected chi connectivity index (χ1v) is 31.5. The molecule has 0 N–H and O–H groups in total. The Morgan fingerprint density at radius 2 is 0.526 bits per heavy atom. The molecule has 6 heteroatoms. The summed E-state index contributed by atoms with van der Waals surface area (Å²) in [6.07, 6.45) is 94.0. The van der Waals surface area contributed by atoms with Crippen LogP contribution < -0.4 is 0 Å². The van der Waals surface area contributed by atoms with Gasteiger partial charge in [-0.1, -0.05) is 262 Å². The van der Waals surface area contributed by atoms with Crippen LogP contribution in [-0.2, 0) is 28.6 Å². The molecule has 6 nitrogen and oxygen atoms in total. The van der Waals surface area contributed by atoms with Crippen molar-refractivity contribution in [3.63, 3.8) is 0 Å². The number of allylic oxidation sites excluding steroid dienone is 26. The van der Waals surface area contributed by atoms with Crippen LogP contribution in [0.3, 0.4) is 0 Å². The number of hydrogen-bond acceptors (Lipinski definition) is 6. The molecule has 0 saturated carbocycles. The molecule has 0 fully saturated rings. The Morgan fingerprint density at radius 1 is 0.269 bits per heavy atom. The van der Waals surface area contributed by atoms with Crippen molar-refractivity contribution >= 4 is 17.9 Å². The second-order valence-electron chi connectivity index (χ2n) is 20.2. The van der Waals surface area contributed by atoms with E-state index in [2.05, 4.69) is 167 Å². The molecule has 1 unspecified atom stereocenters. The average molecular weight is 1080 g/mol. The molecule has 0 aromatic rings. The molecule has 0 aromatic carbocycles. The van der Waals surface area contributed by atoms with Crippen LogP contribution in [0.25, 0.3) is 0 Å². The van der Waals surface area contributed by atoms with Gasteiger partial charge >= 0.3 is 17.9 Å². The van der Waals surface area contributed by atoms with E-state index in [0.29, 0.717) is 19.3 Å². The van der Waals surface area contributed by atoms with Crippen LogP contribution in [0.2, 0.25) is 0 Å². The van der Waals surface area contributed by atoms with Crippen molar-refractivity contribution in [3.8, 4) is 0 Å². The first-order chi connectivity index (χ1) is 38.5. The normalized spacial score (nSPS) is 13.2. The highest BCUT2D eigenvalue weighted by Gasteiger charge is 2.19. The fourth-order valence-electron chi connectivity index (χ4n) is 8.11. The maximum absolute atomic E-state index is 12.9. The van der Waals surface area contributed by atoms with Gasteiger partial charge in [-0.3, -0.25) is 14.4 Å². The fraction of sp³-hybridized carbons (Fsp3) is 0.597. The van der Waals surface area contributed by atoms with E-state index in [1.807, 2.05) is 12.2 Å². The lowest BCUT2D eigenvalue weighted by Crippen LogP contribution is -2.30. The third-order valence-electron chi connectivity index (χ3n) is 12.8. The molecule has 0 aliphatic carbocycles. The first kappa shape index (κ1) is 73.0. The van der Waals surface area contributed by atoms with Gasteiger partial charge < -0.3 is 14.2 Å². The summed E-state index contributed by atoms with van der Waals surface area (Å²) in [4.78, 5) is 38.2. The van der Waals surface area contributed by atoms with Crippen molar-refractivity contribution < 1.29 is 28.6 Å². The minimum Gasteiger partial charge on any atom is -0.462 e. The standard InChI is InChI=1S/C72H114O6/c1-4-7-10-13-16-19-22-25-27-29-31-32-33-34-35-36-37-38-39-40-42-43-45-47-50-53-56-59-62-65-71(74)77-68-69(67-76-70(73)64-61-58-55-52-49-24-21-18-15-12-9-6-3)78-72(75)66-63-60-57-54-51-48-46-44-41-30-28-26-23-20-17-14-11-8-5-2/h7-8,10-11,16-21,25-28,31-32,34-35,37-38,41,44,48,51,57,60,69H,4-6,9,12-15,22-24,29-30,33,36,39-40,42-43,45-47,49-50,52-56,58-59,61-68H2,1-3H3/b10-7-,11-8-,19-16-,20-17-,21-18-,27-25-,28-26-,32-31-,35-34-,38-37-,44-41-,51-48-,60-57-. The Labute approximate surface area is 480 Å². The summed E-state index contributed by atoms with van der Waals surface area (Å²) < 4.78 is 16.8. The number of carbonyl (C=O) groups excluding carboxylic acids is 3. The average Bonchev–Trinajstić information content (AvgIpc) is 3.44. The fourth-order valence-corrected chi connectivity index (χ4v) is 8.11. The van der Waals surface area contributed by atoms with E-state index in [1.54, 1.807) is 0 Å². The molecule has 78 heavy (non-hydrogen) atoms. The molecule has 0 rings (SSSR count). The second-order valence-corrected chi connectivity index (χ2v) is 20.2. The SMILES string of the molecule is CC/C=C\C/C=C\C/C=C\C/C=C\C/C=C\C/C=C\CCCCCCCCCCCCC(=O)OCC(COC(=O)CCCCCCC/C=C\CCCCC)OC(=O)CC/C=C\C/C=C\C/C=C\C/C=C\C/C=C\C/C=C\CC. The van der Waals surface area contributed by atoms with Crippen molar-refractivity contribution in [2.24, 2.45) is 0 Å². The van der Waals surface area contributed by atoms with Gasteiger partial charge in [0.25, 0.3) is 0 Å². The number of rotatable bonds is 55. The van der Waals surface area contributed by atoms with E-state index in [0.717, 1.165) is 135 Å². The van der Waals surface area contributed by atoms with Gasteiger partial charge in [0.1, 0.15) is 13.2 Å². The van der Waals surface area contributed by atoms with Crippen LogP contribution >= 0.6 is 0 Å². The number of unbranched alkanes of at least 4 members (excludes halogenated alkanes) is 18. The van der Waals surface area contributed by atoms with Gasteiger partial charge in [0, 0.05) is 19.3 Å². The molecule has 0 aliphatic heterocycles. The third kappa shape index (κ3) is 61.9. The van der Waals surface area contributed by atoms with E-state index >= 15 is 0 Å². The number of esters is 3. The molecule has 0 aliphatic rings. The largest absolute Gasteiger partial charge is 0.462 e. The summed E-state index contributed by atoms with van der Waals surface area (Å²) in [6.45, 7) is 6.31. The predicted molar refractivity (Wildman–Crippen MR) is 338 cm³/mol. The van der Waals surface area contributed by atoms with Gasteiger partial charge in [-0.2, -0.15) is 0 Å². The lowest BCUT2D eigenvalue weighted by molar-refractivity contribution is -0.166. The monoisotopic (exact) mass is 1070 g/mol. The lowest BCUT2D eigenvalue weighted by atomic mass is 10.1. The maximum Gasteiger partial charge on any atom is 0.306 e. The zero-order chi connectivity index (χ0) is 56.4. The minimum atomic E-state index is -0.831. The Kier molecular flexibility index (Phi) is 60.4. The molecule has 0 radical (unpaired) electrons. The number of carbonyl (C=O) groups is 3. The van der Waals surface area contributed by atoms with E-state index in [4.69, 9.17) is 14.2 Å². The molecule has 0 saturated heterocycles. The highest BCUT2D eigenvalue weighted by Crippen LogP contribution is 2.14. The van der Waals surface area contributed by atoms with Gasteiger partial charge in [-0.05, 0) is 135 Å². The van der Waals surface area contributed by atoms with Gasteiger partial charge in [0.2, 0.25) is 0 Å². The first-order valence-electron chi connectivity index (χ1n) is 31.5. The van der Waals surface area contributed by atoms with Crippen LogP contribution in [-0.4, -0.2) is 37.2 Å². The Bertz CT molecular complexity index is 1760. The highest BCUT2D eigenvalue weighted by molar-refractivity contribution is 5.71. The van der Waals surface area contributed by atoms with Crippen LogP contribution in [0.1, 0.15) is 258 Å². The molecule has 0 spiro atoms. The number of ether oxygens (including phenoxy) is 3. The molecule has 0 bridgehead atoms. The summed E-state index contributed by atoms with van der Waals surface area (Å²) in [5, 5.41) is 0. The van der Waals surface area contributed by atoms with Gasteiger partial charge in [-0.25, -0.2) is 0 Å². The van der Waals surface area contributed by atoms with Crippen LogP contribution in [0.15, 0.2) is 158 Å². The Morgan fingerprint density at radius 3 is 0.846 bits per heavy atom. The Balaban J connectivity index is 4.40. The summed E-state index contributed by atoms with van der Waals surface area (Å²) in [7, 11) is 0. The molecule has 0 heterocycles. The highest BCUT2D eigenvalue weighted by atomic mass is 16.6. The van der Waals surface area contributed by atoms with E-state index in [9.17, 15) is 14.4 Å². The summed E-state index contributed by atoms with van der Waals surface area (Å²) in [5.41, 5.74) is 0. The molecule has 1 atom stereocenters. The molecule has 0 aromatic heterocycles. The molecular formula is C72H114O6. The maximum atomic E-state index is 12.9. The van der Waals surface area contributed by atoms with Crippen molar-refractivity contribution in [2.75, 3.05) is 13.2 Å². The second kappa shape index (κ2) is 64.6. The zero-order valence-electron chi connectivity index (χ0n) is 50.1. The van der Waals surface area contributed by atoms with Crippen molar-refractivity contribution in [1.29, 1.82) is 0 Å². The minimum absolute atomic E-state index is 0.119. The van der Waals surface area contributed by atoms with Crippen LogP contribution in [0.4, 0.5) is 0 Å². The smallest absolute Gasteiger partial charge is 0.306 e. The van der Waals surface area contributed by atoms with Crippen LogP contribution in [0, 0.1) is 0 Å². The third-order valence-corrected chi connectivity index (χ3v) is 12.8. The van der Waals surface area contributed by atoms with Gasteiger partial charge in [0.15, 0.2) is 6.10 Å². The molecule has 0 amide bonds. The van der Waals surface area contributed by atoms with Crippen molar-refractivity contribution in [2.45, 2.75) is 264 Å². The topological polar surface area (TPSA) is 78.9 Å². The van der Waals surface area contributed by atoms with Gasteiger partial charge in [-0.15, -0.1) is 0 Å². The van der Waals surface area contributed by atoms with E-state index in [-0.39, 0.29) is 31.6 Å². The summed E-state index contributed by atoms with van der Waals surface area (Å²) in [6, 6.07) is 0. The van der Waals surface area contributed by atoms with Crippen LogP contribution in [0.5, 0.6) is 0 Å². The lowest BCUT2D eigenvalue weighted by Gasteiger charge is -2.18.